The van der Waals surface area contributed by atoms with Gasteiger partial charge < -0.3 is 5.73 Å². The van der Waals surface area contributed by atoms with Gasteiger partial charge in [0.15, 0.2) is 0 Å². The molecule has 16 heavy (non-hydrogen) atoms. The molecule has 0 saturated carbocycles. The molecule has 2 nitrogen and oxygen atoms in total. The molecule has 1 aromatic carbocycles. The van der Waals surface area contributed by atoms with Crippen molar-refractivity contribution in [1.29, 1.82) is 0 Å². The van der Waals surface area contributed by atoms with Crippen molar-refractivity contribution < 1.29 is 0 Å². The Labute approximate surface area is 109 Å². The van der Waals surface area contributed by atoms with Crippen LogP contribution in [0.3, 0.4) is 0 Å². The average Bonchev–Trinajstić information content (AvgIpc) is 2.31. The highest BCUT2D eigenvalue weighted by Crippen LogP contribution is 2.20. The molecule has 0 aliphatic carbocycles. The summed E-state index contributed by atoms with van der Waals surface area (Å²) >= 11 is 2.32. The van der Waals surface area contributed by atoms with Gasteiger partial charge in [0.25, 0.3) is 0 Å². The zero-order valence-corrected chi connectivity index (χ0v) is 11.0. The highest BCUT2D eigenvalue weighted by Gasteiger charge is 2.10. The fourth-order valence-electron chi connectivity index (χ4n) is 1.63. The number of rotatable bonds is 3. The lowest BCUT2D eigenvalue weighted by atomic mass is 10.0. The summed E-state index contributed by atoms with van der Waals surface area (Å²) < 4.78 is 1.21. The van der Waals surface area contributed by atoms with Crippen molar-refractivity contribution >= 4 is 22.6 Å². The van der Waals surface area contributed by atoms with E-state index in [1.165, 1.54) is 9.13 Å². The first-order chi connectivity index (χ1) is 7.77. The molecule has 0 fully saturated rings. The quantitative estimate of drug-likeness (QED) is 0.882. The van der Waals surface area contributed by atoms with E-state index in [1.54, 1.807) is 6.20 Å². The molecule has 0 radical (unpaired) electrons. The van der Waals surface area contributed by atoms with Crippen LogP contribution in [0.4, 0.5) is 0 Å². The molecule has 0 amide bonds. The third-order valence-corrected chi connectivity index (χ3v) is 3.44. The molecule has 2 N–H and O–H groups in total. The summed E-state index contributed by atoms with van der Waals surface area (Å²) in [5.74, 6) is 0. The lowest BCUT2D eigenvalue weighted by molar-refractivity contribution is 0.703. The summed E-state index contributed by atoms with van der Waals surface area (Å²) in [6, 6.07) is 14.1. The molecule has 1 heterocycles. The topological polar surface area (TPSA) is 38.9 Å². The highest BCUT2D eigenvalue weighted by molar-refractivity contribution is 14.1. The van der Waals surface area contributed by atoms with Gasteiger partial charge in [-0.3, -0.25) is 4.98 Å². The molecular formula is C13H13IN2. The van der Waals surface area contributed by atoms with Gasteiger partial charge in [-0.2, -0.15) is 0 Å². The molecule has 3 heteroatoms. The maximum Gasteiger partial charge on any atom is 0.0422 e. The molecule has 0 bridgehead atoms. The maximum absolute atomic E-state index is 6.18. The summed E-state index contributed by atoms with van der Waals surface area (Å²) in [6.45, 7) is 0. The second-order valence-corrected chi connectivity index (χ2v) is 4.82. The Morgan fingerprint density at radius 2 is 1.88 bits per heavy atom. The summed E-state index contributed by atoms with van der Waals surface area (Å²) in [7, 11) is 0. The van der Waals surface area contributed by atoms with Crippen molar-refractivity contribution in [3.63, 3.8) is 0 Å². The van der Waals surface area contributed by atoms with E-state index in [4.69, 9.17) is 5.73 Å². The van der Waals surface area contributed by atoms with Crippen LogP contribution in [0.25, 0.3) is 0 Å². The second kappa shape index (κ2) is 5.41. The third-order valence-electron chi connectivity index (χ3n) is 2.46. The minimum atomic E-state index is 0.0167. The second-order valence-electron chi connectivity index (χ2n) is 3.65. The SMILES string of the molecule is NC(Cc1ccccn1)c1ccccc1I. The standard InChI is InChI=1S/C13H13IN2/c14-12-7-2-1-6-11(12)13(15)9-10-5-3-4-8-16-10/h1-8,13H,9,15H2. The van der Waals surface area contributed by atoms with Crippen molar-refractivity contribution in [3.05, 3.63) is 63.5 Å². The fraction of sp³-hybridized carbons (Fsp3) is 0.154. The number of hydrogen-bond donors (Lipinski definition) is 1. The molecule has 1 aromatic heterocycles. The van der Waals surface area contributed by atoms with Gasteiger partial charge in [-0.05, 0) is 46.4 Å². The Kier molecular flexibility index (Phi) is 3.90. The molecular weight excluding hydrogens is 311 g/mol. The van der Waals surface area contributed by atoms with Crippen LogP contribution in [-0.4, -0.2) is 4.98 Å². The van der Waals surface area contributed by atoms with E-state index in [-0.39, 0.29) is 6.04 Å². The molecule has 2 aromatic rings. The molecule has 2 rings (SSSR count). The van der Waals surface area contributed by atoms with Gasteiger partial charge in [-0.25, -0.2) is 0 Å². The number of aromatic nitrogens is 1. The number of pyridine rings is 1. The van der Waals surface area contributed by atoms with Crippen LogP contribution in [0.2, 0.25) is 0 Å². The zero-order chi connectivity index (χ0) is 11.4. The van der Waals surface area contributed by atoms with Gasteiger partial charge in [-0.15, -0.1) is 0 Å². The lowest BCUT2D eigenvalue weighted by Gasteiger charge is -2.13. The van der Waals surface area contributed by atoms with Crippen molar-refractivity contribution in [2.75, 3.05) is 0 Å². The summed E-state index contributed by atoms with van der Waals surface area (Å²) in [5, 5.41) is 0. The minimum absolute atomic E-state index is 0.0167. The Bertz CT molecular complexity index is 456. The van der Waals surface area contributed by atoms with Gasteiger partial charge in [-0.1, -0.05) is 24.3 Å². The first-order valence-electron chi connectivity index (χ1n) is 5.17. The van der Waals surface area contributed by atoms with E-state index in [0.29, 0.717) is 0 Å². The highest BCUT2D eigenvalue weighted by atomic mass is 127. The molecule has 82 valence electrons. The van der Waals surface area contributed by atoms with E-state index in [9.17, 15) is 0 Å². The van der Waals surface area contributed by atoms with Crippen LogP contribution >= 0.6 is 22.6 Å². The lowest BCUT2D eigenvalue weighted by Crippen LogP contribution is -2.15. The third kappa shape index (κ3) is 2.80. The van der Waals surface area contributed by atoms with E-state index in [0.717, 1.165) is 12.1 Å². The van der Waals surface area contributed by atoms with Gasteiger partial charge in [0.2, 0.25) is 0 Å². The zero-order valence-electron chi connectivity index (χ0n) is 8.81. The van der Waals surface area contributed by atoms with Gasteiger partial charge >= 0.3 is 0 Å². The molecule has 1 unspecified atom stereocenters. The van der Waals surface area contributed by atoms with Gasteiger partial charge in [0.1, 0.15) is 0 Å². The molecule has 1 atom stereocenters. The van der Waals surface area contributed by atoms with Gasteiger partial charge in [0, 0.05) is 27.9 Å². The van der Waals surface area contributed by atoms with Crippen LogP contribution in [0, 0.1) is 3.57 Å². The van der Waals surface area contributed by atoms with Crippen LogP contribution in [-0.2, 0) is 6.42 Å². The van der Waals surface area contributed by atoms with E-state index in [1.807, 2.05) is 30.3 Å². The van der Waals surface area contributed by atoms with Crippen LogP contribution < -0.4 is 5.73 Å². The Morgan fingerprint density at radius 3 is 2.56 bits per heavy atom. The molecule has 0 aliphatic rings. The van der Waals surface area contributed by atoms with Crippen molar-refractivity contribution in [2.24, 2.45) is 5.73 Å². The summed E-state index contributed by atoms with van der Waals surface area (Å²) in [5.41, 5.74) is 8.41. The first-order valence-corrected chi connectivity index (χ1v) is 6.25. The average molecular weight is 324 g/mol. The van der Waals surface area contributed by atoms with Crippen LogP contribution in [0.1, 0.15) is 17.3 Å². The number of halogens is 1. The number of hydrogen-bond acceptors (Lipinski definition) is 2. The van der Waals surface area contributed by atoms with Crippen LogP contribution in [0.5, 0.6) is 0 Å². The Morgan fingerprint density at radius 1 is 1.12 bits per heavy atom. The maximum atomic E-state index is 6.18. The molecule has 0 saturated heterocycles. The van der Waals surface area contributed by atoms with Crippen molar-refractivity contribution in [2.45, 2.75) is 12.5 Å². The number of nitrogens with two attached hydrogens (primary N) is 1. The Balaban J connectivity index is 2.15. The normalized spacial score (nSPS) is 12.4. The minimum Gasteiger partial charge on any atom is -0.324 e. The van der Waals surface area contributed by atoms with Gasteiger partial charge in [0.05, 0.1) is 0 Å². The van der Waals surface area contributed by atoms with E-state index >= 15 is 0 Å². The monoisotopic (exact) mass is 324 g/mol. The smallest absolute Gasteiger partial charge is 0.0422 e. The van der Waals surface area contributed by atoms with Crippen LogP contribution in [0.15, 0.2) is 48.7 Å². The Hall–Kier alpha value is -0.940. The predicted molar refractivity (Wildman–Crippen MR) is 74.0 cm³/mol. The molecule has 0 spiro atoms. The molecule has 0 aliphatic heterocycles. The summed E-state index contributed by atoms with van der Waals surface area (Å²) in [4.78, 5) is 4.29. The van der Waals surface area contributed by atoms with Crippen molar-refractivity contribution in [1.82, 2.24) is 4.98 Å². The largest absolute Gasteiger partial charge is 0.324 e. The predicted octanol–water partition coefficient (Wildman–Crippen LogP) is 2.93. The number of nitrogens with zero attached hydrogens (tertiary/aromatic N) is 1. The fourth-order valence-corrected chi connectivity index (χ4v) is 2.42. The van der Waals surface area contributed by atoms with Crippen molar-refractivity contribution in [3.8, 4) is 0 Å². The van der Waals surface area contributed by atoms with E-state index < -0.39 is 0 Å². The number of benzene rings is 1. The summed E-state index contributed by atoms with van der Waals surface area (Å²) in [6.07, 6.45) is 2.58. The first kappa shape index (κ1) is 11.5. The van der Waals surface area contributed by atoms with E-state index in [2.05, 4.69) is 39.7 Å².